The number of hydrogen-bond donors (Lipinski definition) is 1. The number of amides is 1. The first kappa shape index (κ1) is 26.5. The maximum atomic E-state index is 13.6. The minimum atomic E-state index is -4.84. The van der Waals surface area contributed by atoms with Crippen molar-refractivity contribution in [2.24, 2.45) is 0 Å². The smallest absolute Gasteiger partial charge is 0.406 e. The summed E-state index contributed by atoms with van der Waals surface area (Å²) in [5.41, 5.74) is -0.274. The molecule has 0 saturated carbocycles. The standard InChI is InChI=1S/C26H23F6N3O2/c1-24(2,17-8-13-22(33-15-17)25(27,28)29)34-20-14-21(16-6-4-3-5-7-16)35(23(20)36)18-9-11-19(12-10-18)37-26(30,31)32/h3-13,15,20-21,34H,14H2,1-2H3. The number of nitrogens with zero attached hydrogens (tertiary/aromatic N) is 2. The fourth-order valence-corrected chi connectivity index (χ4v) is 4.40. The van der Waals surface area contributed by atoms with Crippen LogP contribution in [0.2, 0.25) is 0 Å². The summed E-state index contributed by atoms with van der Waals surface area (Å²) in [6, 6.07) is 15.2. The van der Waals surface area contributed by atoms with Crippen LogP contribution < -0.4 is 15.0 Å². The summed E-state index contributed by atoms with van der Waals surface area (Å²) in [6.07, 6.45) is -7.96. The van der Waals surface area contributed by atoms with Crippen molar-refractivity contribution >= 4 is 11.6 Å². The Kier molecular flexibility index (Phi) is 6.93. The number of ether oxygens (including phenoxy) is 1. The van der Waals surface area contributed by atoms with Crippen LogP contribution in [-0.2, 0) is 16.5 Å². The highest BCUT2D eigenvalue weighted by Gasteiger charge is 2.43. The average Bonchev–Trinajstić information content (AvgIpc) is 3.14. The van der Waals surface area contributed by atoms with E-state index >= 15 is 0 Å². The van der Waals surface area contributed by atoms with Crippen molar-refractivity contribution in [2.75, 3.05) is 4.90 Å². The van der Waals surface area contributed by atoms with Crippen molar-refractivity contribution in [3.63, 3.8) is 0 Å². The molecule has 0 spiro atoms. The lowest BCUT2D eigenvalue weighted by Gasteiger charge is -2.30. The Morgan fingerprint density at radius 2 is 1.57 bits per heavy atom. The van der Waals surface area contributed by atoms with E-state index in [1.807, 2.05) is 30.3 Å². The lowest BCUT2D eigenvalue weighted by atomic mass is 9.93. The molecule has 1 fully saturated rings. The van der Waals surface area contributed by atoms with Crippen molar-refractivity contribution in [3.05, 3.63) is 89.7 Å². The second-order valence-corrected chi connectivity index (χ2v) is 9.16. The van der Waals surface area contributed by atoms with Gasteiger partial charge in [-0.05, 0) is 61.7 Å². The fourth-order valence-electron chi connectivity index (χ4n) is 4.40. The van der Waals surface area contributed by atoms with Crippen molar-refractivity contribution in [3.8, 4) is 5.75 Å². The molecule has 2 heterocycles. The van der Waals surface area contributed by atoms with Gasteiger partial charge in [0.1, 0.15) is 11.4 Å². The molecule has 4 rings (SSSR count). The van der Waals surface area contributed by atoms with E-state index < -0.39 is 41.6 Å². The third-order valence-electron chi connectivity index (χ3n) is 6.15. The minimum absolute atomic E-state index is 0.321. The number of anilines is 1. The third kappa shape index (κ3) is 6.04. The molecule has 1 aromatic heterocycles. The predicted octanol–water partition coefficient (Wildman–Crippen LogP) is 6.37. The largest absolute Gasteiger partial charge is 0.573 e. The van der Waals surface area contributed by atoms with Crippen LogP contribution >= 0.6 is 0 Å². The predicted molar refractivity (Wildman–Crippen MR) is 124 cm³/mol. The van der Waals surface area contributed by atoms with Crippen molar-refractivity contribution in [2.45, 2.75) is 50.4 Å². The molecule has 3 aromatic rings. The molecule has 5 nitrogen and oxygen atoms in total. The molecule has 1 saturated heterocycles. The first-order chi connectivity index (χ1) is 17.2. The maximum Gasteiger partial charge on any atom is 0.573 e. The summed E-state index contributed by atoms with van der Waals surface area (Å²) in [7, 11) is 0. The number of alkyl halides is 6. The van der Waals surface area contributed by atoms with Gasteiger partial charge in [0.25, 0.3) is 0 Å². The van der Waals surface area contributed by atoms with Gasteiger partial charge in [0.05, 0.1) is 12.1 Å². The molecule has 2 unspecified atom stereocenters. The summed E-state index contributed by atoms with van der Waals surface area (Å²) in [6.45, 7) is 3.46. The van der Waals surface area contributed by atoms with Gasteiger partial charge in [0, 0.05) is 17.4 Å². The molecule has 2 atom stereocenters. The fraction of sp³-hybridized carbons (Fsp3) is 0.308. The highest BCUT2D eigenvalue weighted by atomic mass is 19.4. The number of hydrogen-bond acceptors (Lipinski definition) is 4. The van der Waals surface area contributed by atoms with E-state index in [0.717, 1.165) is 30.0 Å². The lowest BCUT2D eigenvalue weighted by molar-refractivity contribution is -0.274. The molecule has 1 N–H and O–H groups in total. The molecule has 0 radical (unpaired) electrons. The topological polar surface area (TPSA) is 54.5 Å². The van der Waals surface area contributed by atoms with E-state index in [1.54, 1.807) is 13.8 Å². The zero-order valence-corrected chi connectivity index (χ0v) is 19.8. The van der Waals surface area contributed by atoms with Gasteiger partial charge in [-0.25, -0.2) is 0 Å². The Balaban J connectivity index is 1.61. The highest BCUT2D eigenvalue weighted by Crippen LogP contribution is 2.39. The number of nitrogens with one attached hydrogen (secondary N) is 1. The molecule has 1 amide bonds. The van der Waals surface area contributed by atoms with Gasteiger partial charge >= 0.3 is 12.5 Å². The third-order valence-corrected chi connectivity index (χ3v) is 6.15. The SMILES string of the molecule is CC(C)(NC1CC(c2ccccc2)N(c2ccc(OC(F)(F)F)cc2)C1=O)c1ccc(C(F)(F)F)nc1. The van der Waals surface area contributed by atoms with Gasteiger partial charge in [-0.15, -0.1) is 13.2 Å². The first-order valence-corrected chi connectivity index (χ1v) is 11.3. The quantitative estimate of drug-likeness (QED) is 0.382. The monoisotopic (exact) mass is 523 g/mol. The molecule has 11 heteroatoms. The maximum absolute atomic E-state index is 13.6. The van der Waals surface area contributed by atoms with Crippen LogP contribution in [0.25, 0.3) is 0 Å². The molecular formula is C26H23F6N3O2. The van der Waals surface area contributed by atoms with E-state index in [1.165, 1.54) is 23.1 Å². The molecule has 37 heavy (non-hydrogen) atoms. The van der Waals surface area contributed by atoms with Crippen LogP contribution in [0.1, 0.15) is 43.1 Å². The summed E-state index contributed by atoms with van der Waals surface area (Å²) >= 11 is 0. The van der Waals surface area contributed by atoms with E-state index in [0.29, 0.717) is 17.7 Å². The summed E-state index contributed by atoms with van der Waals surface area (Å²) in [5.74, 6) is -0.740. The Morgan fingerprint density at radius 1 is 0.919 bits per heavy atom. The van der Waals surface area contributed by atoms with Crippen LogP contribution in [0.3, 0.4) is 0 Å². The van der Waals surface area contributed by atoms with Crippen LogP contribution in [0, 0.1) is 0 Å². The number of carbonyl (C=O) groups is 1. The van der Waals surface area contributed by atoms with Gasteiger partial charge in [-0.1, -0.05) is 36.4 Å². The van der Waals surface area contributed by atoms with E-state index in [-0.39, 0.29) is 5.91 Å². The zero-order valence-electron chi connectivity index (χ0n) is 19.8. The van der Waals surface area contributed by atoms with Gasteiger partial charge in [0.2, 0.25) is 5.91 Å². The number of pyridine rings is 1. The van der Waals surface area contributed by atoms with Crippen molar-refractivity contribution in [1.29, 1.82) is 0 Å². The Morgan fingerprint density at radius 3 is 2.11 bits per heavy atom. The van der Waals surface area contributed by atoms with Crippen molar-refractivity contribution < 1.29 is 35.9 Å². The Hall–Kier alpha value is -3.60. The summed E-state index contributed by atoms with van der Waals surface area (Å²) in [4.78, 5) is 18.6. The molecule has 196 valence electrons. The molecule has 2 aromatic carbocycles. The van der Waals surface area contributed by atoms with Crippen molar-refractivity contribution in [1.82, 2.24) is 10.3 Å². The second kappa shape index (κ2) is 9.70. The van der Waals surface area contributed by atoms with Crippen LogP contribution in [-0.4, -0.2) is 23.3 Å². The van der Waals surface area contributed by atoms with Gasteiger partial charge in [0.15, 0.2) is 0 Å². The zero-order chi connectivity index (χ0) is 27.0. The molecule has 0 aliphatic carbocycles. The number of rotatable bonds is 6. The number of halogens is 6. The molecular weight excluding hydrogens is 500 g/mol. The van der Waals surface area contributed by atoms with Gasteiger partial charge in [-0.3, -0.25) is 15.1 Å². The lowest BCUT2D eigenvalue weighted by Crippen LogP contribution is -2.47. The Bertz CT molecular complexity index is 1230. The minimum Gasteiger partial charge on any atom is -0.406 e. The molecule has 0 bridgehead atoms. The highest BCUT2D eigenvalue weighted by molar-refractivity contribution is 6.00. The number of aromatic nitrogens is 1. The van der Waals surface area contributed by atoms with Gasteiger partial charge in [-0.2, -0.15) is 13.2 Å². The van der Waals surface area contributed by atoms with Gasteiger partial charge < -0.3 is 9.64 Å². The Labute approximate surface area is 209 Å². The second-order valence-electron chi connectivity index (χ2n) is 9.16. The normalized spacial score (nSPS) is 18.8. The average molecular weight is 523 g/mol. The van der Waals surface area contributed by atoms with Crippen LogP contribution in [0.15, 0.2) is 72.9 Å². The van der Waals surface area contributed by atoms with Crippen LogP contribution in [0.4, 0.5) is 32.0 Å². The van der Waals surface area contributed by atoms with E-state index in [4.69, 9.17) is 0 Å². The van der Waals surface area contributed by atoms with E-state index in [9.17, 15) is 31.1 Å². The first-order valence-electron chi connectivity index (χ1n) is 11.3. The molecule has 1 aliphatic rings. The van der Waals surface area contributed by atoms with E-state index in [2.05, 4.69) is 15.0 Å². The number of carbonyl (C=O) groups excluding carboxylic acids is 1. The summed E-state index contributed by atoms with van der Waals surface area (Å²) < 4.78 is 80.4. The van der Waals surface area contributed by atoms with Crippen LogP contribution in [0.5, 0.6) is 5.75 Å². The molecule has 1 aliphatic heterocycles. The summed E-state index contributed by atoms with van der Waals surface area (Å²) in [5, 5.41) is 3.24. The number of benzene rings is 2.